The lowest BCUT2D eigenvalue weighted by molar-refractivity contribution is 0.412. The van der Waals surface area contributed by atoms with E-state index in [1.165, 1.54) is 25.0 Å². The van der Waals surface area contributed by atoms with E-state index in [2.05, 4.69) is 47.2 Å². The van der Waals surface area contributed by atoms with Gasteiger partial charge in [-0.25, -0.2) is 4.99 Å². The van der Waals surface area contributed by atoms with E-state index in [1.54, 1.807) is 7.11 Å². The predicted octanol–water partition coefficient (Wildman–Crippen LogP) is 2.13. The number of benzene rings is 1. The summed E-state index contributed by atoms with van der Waals surface area (Å²) >= 11 is 0. The van der Waals surface area contributed by atoms with Crippen LogP contribution in [0.2, 0.25) is 0 Å². The highest BCUT2D eigenvalue weighted by molar-refractivity contribution is 5.76. The highest BCUT2D eigenvalue weighted by Crippen LogP contribution is 2.09. The van der Waals surface area contributed by atoms with Gasteiger partial charge in [0.25, 0.3) is 0 Å². The summed E-state index contributed by atoms with van der Waals surface area (Å²) in [5, 5.41) is 4.06. The van der Waals surface area contributed by atoms with Crippen molar-refractivity contribution < 1.29 is 4.74 Å². The van der Waals surface area contributed by atoms with Crippen LogP contribution in [0, 0.1) is 0 Å². The Bertz CT molecular complexity index is 1140. The molecule has 0 saturated heterocycles. The van der Waals surface area contributed by atoms with Gasteiger partial charge in [-0.2, -0.15) is 0 Å². The molecular weight excluding hydrogens is 334 g/mol. The van der Waals surface area contributed by atoms with Crippen molar-refractivity contribution >= 4 is 17.8 Å². The second-order valence-electron chi connectivity index (χ2n) is 6.91. The molecular formula is C23H25N3O. The third-order valence-corrected chi connectivity index (χ3v) is 4.89. The first-order valence-electron chi connectivity index (χ1n) is 9.59. The number of hydrogen-bond acceptors (Lipinski definition) is 2. The first kappa shape index (κ1) is 17.4. The Balaban J connectivity index is 1.70. The lowest BCUT2D eigenvalue weighted by Gasteiger charge is -1.96. The Labute approximate surface area is 158 Å². The SMILES string of the molecule is CCCCCc1ccc(C=c2[nH]c(=C3C=c4ccccc4=N3)cc2OC)[nH]1. The molecule has 1 aromatic carbocycles. The molecule has 0 amide bonds. The van der Waals surface area contributed by atoms with Gasteiger partial charge < -0.3 is 14.7 Å². The fraction of sp³-hybridized carbons (Fsp3) is 0.261. The van der Waals surface area contributed by atoms with Crippen LogP contribution in [0.4, 0.5) is 0 Å². The molecule has 2 N–H and O–H groups in total. The molecule has 4 rings (SSSR count). The molecule has 3 heterocycles. The number of aromatic amines is 2. The van der Waals surface area contributed by atoms with Crippen molar-refractivity contribution in [2.75, 3.05) is 7.11 Å². The van der Waals surface area contributed by atoms with Gasteiger partial charge in [0, 0.05) is 22.7 Å². The van der Waals surface area contributed by atoms with Gasteiger partial charge in [0.05, 0.1) is 28.9 Å². The van der Waals surface area contributed by atoms with Gasteiger partial charge in [-0.1, -0.05) is 38.0 Å². The van der Waals surface area contributed by atoms with Crippen LogP contribution in [-0.2, 0) is 6.42 Å². The van der Waals surface area contributed by atoms with Crippen LogP contribution in [0.1, 0.15) is 37.6 Å². The van der Waals surface area contributed by atoms with Crippen molar-refractivity contribution in [2.45, 2.75) is 32.6 Å². The number of aromatic nitrogens is 2. The summed E-state index contributed by atoms with van der Waals surface area (Å²) in [5.41, 5.74) is 3.29. The zero-order chi connectivity index (χ0) is 18.6. The van der Waals surface area contributed by atoms with E-state index in [-0.39, 0.29) is 0 Å². The van der Waals surface area contributed by atoms with Crippen LogP contribution in [-0.4, -0.2) is 17.1 Å². The van der Waals surface area contributed by atoms with Gasteiger partial charge in [-0.3, -0.25) is 0 Å². The maximum absolute atomic E-state index is 5.58. The fourth-order valence-corrected chi connectivity index (χ4v) is 3.43. The summed E-state index contributed by atoms with van der Waals surface area (Å²) in [7, 11) is 1.70. The van der Waals surface area contributed by atoms with Gasteiger partial charge in [-0.15, -0.1) is 0 Å². The van der Waals surface area contributed by atoms with Crippen LogP contribution in [0.25, 0.3) is 17.8 Å². The predicted molar refractivity (Wildman–Crippen MR) is 109 cm³/mol. The van der Waals surface area contributed by atoms with Gasteiger partial charge in [0.2, 0.25) is 0 Å². The molecule has 0 radical (unpaired) electrons. The number of methoxy groups -OCH3 is 1. The Morgan fingerprint density at radius 3 is 2.78 bits per heavy atom. The molecule has 1 aliphatic rings. The highest BCUT2D eigenvalue weighted by Gasteiger charge is 2.06. The normalized spacial score (nSPS) is 15.4. The Kier molecular flexibility index (Phi) is 4.97. The summed E-state index contributed by atoms with van der Waals surface area (Å²) < 4.78 is 5.58. The third kappa shape index (κ3) is 3.75. The number of nitrogens with zero attached hydrogens (tertiary/aromatic N) is 1. The molecule has 4 nitrogen and oxygen atoms in total. The number of ether oxygens (including phenoxy) is 1. The summed E-state index contributed by atoms with van der Waals surface area (Å²) in [6.45, 7) is 2.23. The number of fused-ring (bicyclic) bond motifs is 1. The fourth-order valence-electron chi connectivity index (χ4n) is 3.43. The van der Waals surface area contributed by atoms with Gasteiger partial charge in [-0.05, 0) is 43.2 Å². The van der Waals surface area contributed by atoms with E-state index in [4.69, 9.17) is 9.73 Å². The lowest BCUT2D eigenvalue weighted by atomic mass is 10.2. The number of unbranched alkanes of at least 4 members (excludes halogenated alkanes) is 2. The second kappa shape index (κ2) is 7.70. The average molecular weight is 359 g/mol. The minimum atomic E-state index is 0.819. The number of rotatable bonds is 6. The van der Waals surface area contributed by atoms with Crippen LogP contribution >= 0.6 is 0 Å². The topological polar surface area (TPSA) is 53.2 Å². The zero-order valence-electron chi connectivity index (χ0n) is 15.9. The molecule has 27 heavy (non-hydrogen) atoms. The number of nitrogens with one attached hydrogen (secondary N) is 2. The molecule has 1 aliphatic heterocycles. The molecule has 0 fully saturated rings. The molecule has 0 saturated carbocycles. The van der Waals surface area contributed by atoms with Crippen molar-refractivity contribution in [3.63, 3.8) is 0 Å². The summed E-state index contributed by atoms with van der Waals surface area (Å²) in [6.07, 6.45) is 9.03. The van der Waals surface area contributed by atoms with Crippen LogP contribution in [0.15, 0.2) is 47.5 Å². The monoisotopic (exact) mass is 359 g/mol. The van der Waals surface area contributed by atoms with Crippen molar-refractivity contribution in [2.24, 2.45) is 4.99 Å². The molecule has 2 aromatic heterocycles. The average Bonchev–Trinajstić information content (AvgIpc) is 3.40. The maximum Gasteiger partial charge on any atom is 0.144 e. The van der Waals surface area contributed by atoms with Crippen LogP contribution < -0.4 is 26.0 Å². The van der Waals surface area contributed by atoms with Crippen LogP contribution in [0.5, 0.6) is 5.75 Å². The molecule has 0 atom stereocenters. The van der Waals surface area contributed by atoms with Crippen molar-refractivity contribution in [1.82, 2.24) is 9.97 Å². The largest absolute Gasteiger partial charge is 0.494 e. The molecule has 4 heteroatoms. The van der Waals surface area contributed by atoms with E-state index in [0.717, 1.165) is 44.8 Å². The highest BCUT2D eigenvalue weighted by atomic mass is 16.5. The molecule has 0 aliphatic carbocycles. The smallest absolute Gasteiger partial charge is 0.144 e. The van der Waals surface area contributed by atoms with Gasteiger partial charge >= 0.3 is 0 Å². The first-order valence-corrected chi connectivity index (χ1v) is 9.59. The van der Waals surface area contributed by atoms with Crippen molar-refractivity contribution in [3.05, 3.63) is 75.1 Å². The Morgan fingerprint density at radius 1 is 1.07 bits per heavy atom. The van der Waals surface area contributed by atoms with Crippen LogP contribution in [0.3, 0.4) is 0 Å². The zero-order valence-corrected chi connectivity index (χ0v) is 15.9. The second-order valence-corrected chi connectivity index (χ2v) is 6.91. The van der Waals surface area contributed by atoms with E-state index in [1.807, 2.05) is 24.3 Å². The molecule has 0 bridgehead atoms. The molecule has 3 aromatic rings. The van der Waals surface area contributed by atoms with Crippen molar-refractivity contribution in [1.29, 1.82) is 0 Å². The van der Waals surface area contributed by atoms with E-state index in [9.17, 15) is 0 Å². The van der Waals surface area contributed by atoms with Gasteiger partial charge in [0.15, 0.2) is 0 Å². The van der Waals surface area contributed by atoms with Crippen molar-refractivity contribution in [3.8, 4) is 5.75 Å². The summed E-state index contributed by atoms with van der Waals surface area (Å²) in [6, 6.07) is 14.5. The molecule has 0 spiro atoms. The van der Waals surface area contributed by atoms with E-state index < -0.39 is 0 Å². The summed E-state index contributed by atoms with van der Waals surface area (Å²) in [5.74, 6) is 0.819. The quantitative estimate of drug-likeness (QED) is 0.651. The van der Waals surface area contributed by atoms with Gasteiger partial charge in [0.1, 0.15) is 5.75 Å². The Morgan fingerprint density at radius 2 is 1.96 bits per heavy atom. The number of aryl methyl sites for hydroxylation is 1. The summed E-state index contributed by atoms with van der Waals surface area (Å²) in [4.78, 5) is 11.7. The molecule has 0 unspecified atom stereocenters. The van der Waals surface area contributed by atoms with E-state index in [0.29, 0.717) is 0 Å². The minimum absolute atomic E-state index is 0.819. The Hall–Kier alpha value is -3.01. The number of hydrogen-bond donors (Lipinski definition) is 2. The van der Waals surface area contributed by atoms with E-state index >= 15 is 0 Å². The third-order valence-electron chi connectivity index (χ3n) is 4.89. The maximum atomic E-state index is 5.58. The lowest BCUT2D eigenvalue weighted by Crippen LogP contribution is -2.19. The minimum Gasteiger partial charge on any atom is -0.494 e. The number of para-hydroxylation sites is 1. The molecule has 138 valence electrons. The first-order chi connectivity index (χ1) is 13.3. The number of H-pyrrole nitrogens is 2. The standard InChI is InChI=1S/C23H25N3O/c1-3-4-5-9-17-11-12-18(24-17)14-22-23(27-2)15-21(26-22)20-13-16-8-6-7-10-19(16)25-20/h6-8,10-15,24,26H,3-5,9H2,1-2H3.